The van der Waals surface area contributed by atoms with E-state index >= 15 is 0 Å². The van der Waals surface area contributed by atoms with Gasteiger partial charge in [-0.05, 0) is 48.7 Å². The molecule has 0 saturated carbocycles. The van der Waals surface area contributed by atoms with E-state index in [1.54, 1.807) is 18.5 Å². The minimum Gasteiger partial charge on any atom is -0.314 e. The summed E-state index contributed by atoms with van der Waals surface area (Å²) >= 11 is 6.03. The van der Waals surface area contributed by atoms with Gasteiger partial charge in [0.25, 0.3) is 0 Å². The molecule has 1 atom stereocenters. The summed E-state index contributed by atoms with van der Waals surface area (Å²) < 4.78 is 13.5. The SMILES string of the molecule is CCNC(Cc1ccncc1)Cc1cccc(F)c1Cl. The van der Waals surface area contributed by atoms with Gasteiger partial charge in [0.2, 0.25) is 0 Å². The Morgan fingerprint density at radius 1 is 1.20 bits per heavy atom. The Bertz CT molecular complexity index is 545. The highest BCUT2D eigenvalue weighted by molar-refractivity contribution is 6.31. The second-order valence-electron chi connectivity index (χ2n) is 4.73. The molecule has 0 saturated heterocycles. The molecule has 1 aromatic carbocycles. The molecule has 1 N–H and O–H groups in total. The third-order valence-electron chi connectivity index (χ3n) is 3.22. The second kappa shape index (κ2) is 7.36. The molecule has 0 fully saturated rings. The number of benzene rings is 1. The predicted octanol–water partition coefficient (Wildman–Crippen LogP) is 3.64. The summed E-state index contributed by atoms with van der Waals surface area (Å²) in [6.45, 7) is 2.93. The van der Waals surface area contributed by atoms with Crippen molar-refractivity contribution in [2.45, 2.75) is 25.8 Å². The van der Waals surface area contributed by atoms with Gasteiger partial charge in [0, 0.05) is 18.4 Å². The maximum atomic E-state index is 13.5. The van der Waals surface area contributed by atoms with Crippen LogP contribution in [0.25, 0.3) is 0 Å². The molecule has 0 radical (unpaired) electrons. The van der Waals surface area contributed by atoms with Gasteiger partial charge in [-0.15, -0.1) is 0 Å². The molecule has 20 heavy (non-hydrogen) atoms. The predicted molar refractivity (Wildman–Crippen MR) is 80.5 cm³/mol. The van der Waals surface area contributed by atoms with Gasteiger partial charge in [-0.25, -0.2) is 4.39 Å². The molecule has 4 heteroatoms. The molecule has 1 heterocycles. The van der Waals surface area contributed by atoms with E-state index in [1.165, 1.54) is 11.6 Å². The van der Waals surface area contributed by atoms with E-state index < -0.39 is 0 Å². The van der Waals surface area contributed by atoms with Gasteiger partial charge in [-0.3, -0.25) is 4.98 Å². The van der Waals surface area contributed by atoms with Gasteiger partial charge in [-0.2, -0.15) is 0 Å². The number of hydrogen-bond acceptors (Lipinski definition) is 2. The molecule has 2 rings (SSSR count). The third kappa shape index (κ3) is 4.02. The van der Waals surface area contributed by atoms with Crippen molar-refractivity contribution in [2.24, 2.45) is 0 Å². The number of aromatic nitrogens is 1. The summed E-state index contributed by atoms with van der Waals surface area (Å²) in [6, 6.07) is 9.18. The van der Waals surface area contributed by atoms with Crippen LogP contribution in [0.5, 0.6) is 0 Å². The fourth-order valence-corrected chi connectivity index (χ4v) is 2.48. The molecule has 2 aromatic rings. The van der Waals surface area contributed by atoms with Crippen molar-refractivity contribution < 1.29 is 4.39 Å². The van der Waals surface area contributed by atoms with Crippen molar-refractivity contribution in [2.75, 3.05) is 6.54 Å². The van der Waals surface area contributed by atoms with E-state index in [0.29, 0.717) is 6.42 Å². The highest BCUT2D eigenvalue weighted by Gasteiger charge is 2.13. The van der Waals surface area contributed by atoms with Crippen LogP contribution < -0.4 is 5.32 Å². The van der Waals surface area contributed by atoms with Crippen LogP contribution in [0.15, 0.2) is 42.7 Å². The van der Waals surface area contributed by atoms with Crippen molar-refractivity contribution in [3.63, 3.8) is 0 Å². The van der Waals surface area contributed by atoms with E-state index in [2.05, 4.69) is 17.2 Å². The lowest BCUT2D eigenvalue weighted by Gasteiger charge is -2.19. The summed E-state index contributed by atoms with van der Waals surface area (Å²) in [5.74, 6) is -0.358. The summed E-state index contributed by atoms with van der Waals surface area (Å²) in [7, 11) is 0. The molecular formula is C16H18ClFN2. The number of hydrogen-bond donors (Lipinski definition) is 1. The first-order chi connectivity index (χ1) is 9.70. The average Bonchev–Trinajstić information content (AvgIpc) is 2.45. The lowest BCUT2D eigenvalue weighted by Crippen LogP contribution is -2.33. The quantitative estimate of drug-likeness (QED) is 0.879. The van der Waals surface area contributed by atoms with E-state index in [4.69, 9.17) is 11.6 Å². The molecule has 1 unspecified atom stereocenters. The lowest BCUT2D eigenvalue weighted by molar-refractivity contribution is 0.519. The first-order valence-electron chi connectivity index (χ1n) is 6.76. The average molecular weight is 293 g/mol. The number of rotatable bonds is 6. The van der Waals surface area contributed by atoms with Crippen molar-refractivity contribution >= 4 is 11.6 Å². The maximum absolute atomic E-state index is 13.5. The zero-order chi connectivity index (χ0) is 14.4. The van der Waals surface area contributed by atoms with E-state index in [0.717, 1.165) is 18.5 Å². The molecule has 0 amide bonds. The number of halogens is 2. The van der Waals surface area contributed by atoms with Gasteiger partial charge < -0.3 is 5.32 Å². The van der Waals surface area contributed by atoms with E-state index in [9.17, 15) is 4.39 Å². The molecule has 1 aromatic heterocycles. The van der Waals surface area contributed by atoms with E-state index in [-0.39, 0.29) is 16.9 Å². The fourth-order valence-electron chi connectivity index (χ4n) is 2.28. The minimum absolute atomic E-state index is 0.224. The van der Waals surface area contributed by atoms with Crippen molar-refractivity contribution in [1.82, 2.24) is 10.3 Å². The van der Waals surface area contributed by atoms with Crippen molar-refractivity contribution in [3.05, 3.63) is 64.7 Å². The highest BCUT2D eigenvalue weighted by Crippen LogP contribution is 2.21. The minimum atomic E-state index is -0.358. The van der Waals surface area contributed by atoms with Crippen LogP contribution in [0.4, 0.5) is 4.39 Å². The van der Waals surface area contributed by atoms with Crippen LogP contribution >= 0.6 is 11.6 Å². The molecule has 0 aliphatic carbocycles. The first kappa shape index (κ1) is 14.9. The van der Waals surface area contributed by atoms with Crippen LogP contribution in [0.2, 0.25) is 5.02 Å². The Morgan fingerprint density at radius 3 is 2.65 bits per heavy atom. The molecule has 106 valence electrons. The van der Waals surface area contributed by atoms with Crippen LogP contribution in [-0.2, 0) is 12.8 Å². The summed E-state index contributed by atoms with van der Waals surface area (Å²) in [5.41, 5.74) is 2.05. The second-order valence-corrected chi connectivity index (χ2v) is 5.11. The fraction of sp³-hybridized carbons (Fsp3) is 0.312. The first-order valence-corrected chi connectivity index (χ1v) is 7.13. The number of pyridine rings is 1. The lowest BCUT2D eigenvalue weighted by atomic mass is 9.99. The zero-order valence-electron chi connectivity index (χ0n) is 11.4. The molecular weight excluding hydrogens is 275 g/mol. The van der Waals surface area contributed by atoms with E-state index in [1.807, 2.05) is 18.2 Å². The van der Waals surface area contributed by atoms with Crippen molar-refractivity contribution in [1.29, 1.82) is 0 Å². The molecule has 0 bridgehead atoms. The van der Waals surface area contributed by atoms with Crippen LogP contribution in [-0.4, -0.2) is 17.6 Å². The Hall–Kier alpha value is -1.45. The van der Waals surface area contributed by atoms with Gasteiger partial charge in [-0.1, -0.05) is 30.7 Å². The smallest absolute Gasteiger partial charge is 0.142 e. The van der Waals surface area contributed by atoms with Crippen LogP contribution in [0.1, 0.15) is 18.1 Å². The summed E-state index contributed by atoms with van der Waals surface area (Å²) in [4.78, 5) is 4.02. The molecule has 0 aliphatic rings. The number of nitrogens with one attached hydrogen (secondary N) is 1. The number of likely N-dealkylation sites (N-methyl/N-ethyl adjacent to an activating group) is 1. The molecule has 2 nitrogen and oxygen atoms in total. The third-order valence-corrected chi connectivity index (χ3v) is 3.65. The zero-order valence-corrected chi connectivity index (χ0v) is 12.2. The van der Waals surface area contributed by atoms with Crippen molar-refractivity contribution in [3.8, 4) is 0 Å². The summed E-state index contributed by atoms with van der Waals surface area (Å²) in [6.07, 6.45) is 5.14. The Balaban J connectivity index is 2.11. The van der Waals surface area contributed by atoms with Gasteiger partial charge >= 0.3 is 0 Å². The molecule has 0 aliphatic heterocycles. The van der Waals surface area contributed by atoms with Gasteiger partial charge in [0.1, 0.15) is 5.82 Å². The maximum Gasteiger partial charge on any atom is 0.142 e. The normalized spacial score (nSPS) is 12.3. The monoisotopic (exact) mass is 292 g/mol. The number of nitrogens with zero attached hydrogens (tertiary/aromatic N) is 1. The van der Waals surface area contributed by atoms with Gasteiger partial charge in [0.05, 0.1) is 5.02 Å². The Morgan fingerprint density at radius 2 is 1.95 bits per heavy atom. The largest absolute Gasteiger partial charge is 0.314 e. The highest BCUT2D eigenvalue weighted by atomic mass is 35.5. The summed E-state index contributed by atoms with van der Waals surface area (Å²) in [5, 5.41) is 3.65. The molecule has 0 spiro atoms. The van der Waals surface area contributed by atoms with Crippen LogP contribution in [0.3, 0.4) is 0 Å². The van der Waals surface area contributed by atoms with Crippen LogP contribution in [0, 0.1) is 5.82 Å². The standard InChI is InChI=1S/C16H18ClFN2/c1-2-20-14(10-12-6-8-19-9-7-12)11-13-4-3-5-15(18)16(13)17/h3-9,14,20H,2,10-11H2,1H3. The van der Waals surface area contributed by atoms with Gasteiger partial charge in [0.15, 0.2) is 0 Å². The Labute approximate surface area is 124 Å². The topological polar surface area (TPSA) is 24.9 Å². The Kier molecular flexibility index (Phi) is 5.50.